The number of aromatic nitrogens is 2. The minimum atomic E-state index is -0.175. The predicted octanol–water partition coefficient (Wildman–Crippen LogP) is 3.63. The lowest BCUT2D eigenvalue weighted by atomic mass is 10.1. The quantitative estimate of drug-likeness (QED) is 0.647. The Labute approximate surface area is 157 Å². The van der Waals surface area contributed by atoms with Gasteiger partial charge in [0.05, 0.1) is 18.7 Å². The van der Waals surface area contributed by atoms with Gasteiger partial charge in [-0.05, 0) is 11.6 Å². The number of hydrogen-bond acceptors (Lipinski definition) is 3. The number of halogens is 1. The third-order valence-corrected chi connectivity index (χ3v) is 4.30. The van der Waals surface area contributed by atoms with Gasteiger partial charge in [0.25, 0.3) is 5.91 Å². The van der Waals surface area contributed by atoms with E-state index < -0.39 is 0 Å². The fraction of sp³-hybridized carbons (Fsp3) is 0.200. The van der Waals surface area contributed by atoms with Crippen LogP contribution < -0.4 is 5.32 Å². The molecule has 0 saturated carbocycles. The molecule has 2 aromatic carbocycles. The maximum atomic E-state index is 12.6. The average molecular weight is 370 g/mol. The Kier molecular flexibility index (Phi) is 6.04. The van der Waals surface area contributed by atoms with E-state index in [0.29, 0.717) is 36.0 Å². The average Bonchev–Trinajstić information content (AvgIpc) is 3.08. The van der Waals surface area contributed by atoms with Crippen LogP contribution >= 0.6 is 11.6 Å². The van der Waals surface area contributed by atoms with Crippen LogP contribution in [0, 0.1) is 0 Å². The number of ether oxygens (including phenoxy) is 1. The Bertz CT molecular complexity index is 878. The van der Waals surface area contributed by atoms with Gasteiger partial charge in [0.15, 0.2) is 0 Å². The summed E-state index contributed by atoms with van der Waals surface area (Å²) in [6.45, 7) is 1.39. The first-order valence-electron chi connectivity index (χ1n) is 8.32. The summed E-state index contributed by atoms with van der Waals surface area (Å²) in [4.78, 5) is 12.6. The lowest BCUT2D eigenvalue weighted by Crippen LogP contribution is -2.27. The minimum Gasteiger partial charge on any atom is -0.383 e. The summed E-state index contributed by atoms with van der Waals surface area (Å²) >= 11 is 6.25. The molecule has 0 aliphatic heterocycles. The Morgan fingerprint density at radius 3 is 2.62 bits per heavy atom. The number of nitrogens with zero attached hydrogens (tertiary/aromatic N) is 2. The van der Waals surface area contributed by atoms with E-state index >= 15 is 0 Å². The third-order valence-electron chi connectivity index (χ3n) is 3.94. The summed E-state index contributed by atoms with van der Waals surface area (Å²) in [5.74, 6) is -0.175. The largest absolute Gasteiger partial charge is 0.383 e. The van der Waals surface area contributed by atoms with Crippen LogP contribution in [0.25, 0.3) is 11.3 Å². The highest BCUT2D eigenvalue weighted by Gasteiger charge is 2.18. The van der Waals surface area contributed by atoms with E-state index in [1.165, 1.54) is 0 Å². The molecule has 0 atom stereocenters. The second-order valence-electron chi connectivity index (χ2n) is 5.80. The topological polar surface area (TPSA) is 56.1 Å². The van der Waals surface area contributed by atoms with Crippen molar-refractivity contribution in [3.63, 3.8) is 0 Å². The predicted molar refractivity (Wildman–Crippen MR) is 102 cm³/mol. The Hall–Kier alpha value is -2.63. The monoisotopic (exact) mass is 369 g/mol. The SMILES string of the molecule is COCCNC(=O)c1cn(Cc2ccccc2Cl)nc1-c1ccccc1. The minimum absolute atomic E-state index is 0.175. The first kappa shape index (κ1) is 18.2. The molecule has 0 fully saturated rings. The van der Waals surface area contributed by atoms with Crippen molar-refractivity contribution in [3.8, 4) is 11.3 Å². The normalized spacial score (nSPS) is 10.7. The second kappa shape index (κ2) is 8.65. The Morgan fingerprint density at radius 2 is 1.88 bits per heavy atom. The van der Waals surface area contributed by atoms with Gasteiger partial charge in [-0.15, -0.1) is 0 Å². The lowest BCUT2D eigenvalue weighted by molar-refractivity contribution is 0.0937. The molecule has 3 aromatic rings. The van der Waals surface area contributed by atoms with Crippen molar-refractivity contribution in [2.24, 2.45) is 0 Å². The highest BCUT2D eigenvalue weighted by molar-refractivity contribution is 6.31. The van der Waals surface area contributed by atoms with E-state index in [2.05, 4.69) is 10.4 Å². The standard InChI is InChI=1S/C20H20ClN3O2/c1-26-12-11-22-20(25)17-14-24(13-16-9-5-6-10-18(16)21)23-19(17)15-7-3-2-4-8-15/h2-10,14H,11-13H2,1H3,(H,22,25). The van der Waals surface area contributed by atoms with Crippen molar-refractivity contribution in [3.05, 3.63) is 76.9 Å². The second-order valence-corrected chi connectivity index (χ2v) is 6.20. The Morgan fingerprint density at radius 1 is 1.15 bits per heavy atom. The summed E-state index contributed by atoms with van der Waals surface area (Å²) in [6.07, 6.45) is 1.76. The number of benzene rings is 2. The van der Waals surface area contributed by atoms with Crippen molar-refractivity contribution in [2.75, 3.05) is 20.3 Å². The number of hydrogen-bond donors (Lipinski definition) is 1. The van der Waals surface area contributed by atoms with Crippen LogP contribution in [0.4, 0.5) is 0 Å². The fourth-order valence-corrected chi connectivity index (χ4v) is 2.84. The van der Waals surface area contributed by atoms with Gasteiger partial charge in [-0.3, -0.25) is 9.48 Å². The molecule has 0 spiro atoms. The molecule has 0 radical (unpaired) electrons. The first-order valence-corrected chi connectivity index (χ1v) is 8.70. The number of methoxy groups -OCH3 is 1. The number of nitrogens with one attached hydrogen (secondary N) is 1. The van der Waals surface area contributed by atoms with E-state index in [-0.39, 0.29) is 5.91 Å². The summed E-state index contributed by atoms with van der Waals surface area (Å²) in [5, 5.41) is 8.16. The van der Waals surface area contributed by atoms with Crippen LogP contribution in [0.1, 0.15) is 15.9 Å². The molecule has 6 heteroatoms. The molecule has 0 saturated heterocycles. The molecule has 0 bridgehead atoms. The number of amides is 1. The smallest absolute Gasteiger partial charge is 0.255 e. The van der Waals surface area contributed by atoms with Crippen molar-refractivity contribution >= 4 is 17.5 Å². The number of carbonyl (C=O) groups excluding carboxylic acids is 1. The Balaban J connectivity index is 1.92. The third kappa shape index (κ3) is 4.31. The van der Waals surface area contributed by atoms with E-state index in [0.717, 1.165) is 11.1 Å². The van der Waals surface area contributed by atoms with E-state index in [9.17, 15) is 4.79 Å². The molecular weight excluding hydrogens is 350 g/mol. The summed E-state index contributed by atoms with van der Waals surface area (Å²) < 4.78 is 6.73. The summed E-state index contributed by atoms with van der Waals surface area (Å²) in [6, 6.07) is 17.3. The zero-order valence-corrected chi connectivity index (χ0v) is 15.2. The maximum absolute atomic E-state index is 12.6. The maximum Gasteiger partial charge on any atom is 0.255 e. The molecule has 1 N–H and O–H groups in total. The van der Waals surface area contributed by atoms with Gasteiger partial charge in [0.2, 0.25) is 0 Å². The zero-order valence-electron chi connectivity index (χ0n) is 14.5. The first-order chi connectivity index (χ1) is 12.7. The van der Waals surface area contributed by atoms with Crippen LogP contribution in [0.15, 0.2) is 60.8 Å². The van der Waals surface area contributed by atoms with Gasteiger partial charge in [-0.25, -0.2) is 0 Å². The van der Waals surface area contributed by atoms with Gasteiger partial charge < -0.3 is 10.1 Å². The van der Waals surface area contributed by atoms with Crippen LogP contribution in [-0.4, -0.2) is 35.9 Å². The van der Waals surface area contributed by atoms with Crippen molar-refractivity contribution in [2.45, 2.75) is 6.54 Å². The zero-order chi connectivity index (χ0) is 18.4. The molecule has 1 aromatic heterocycles. The molecule has 0 unspecified atom stereocenters. The van der Waals surface area contributed by atoms with Crippen molar-refractivity contribution < 1.29 is 9.53 Å². The van der Waals surface area contributed by atoms with Crippen LogP contribution in [-0.2, 0) is 11.3 Å². The summed E-state index contributed by atoms with van der Waals surface area (Å²) in [5.41, 5.74) is 3.01. The van der Waals surface area contributed by atoms with Gasteiger partial charge in [-0.1, -0.05) is 60.1 Å². The molecule has 1 amide bonds. The molecule has 0 aliphatic carbocycles. The molecule has 134 valence electrons. The van der Waals surface area contributed by atoms with Crippen molar-refractivity contribution in [1.29, 1.82) is 0 Å². The van der Waals surface area contributed by atoms with E-state index in [4.69, 9.17) is 16.3 Å². The summed E-state index contributed by atoms with van der Waals surface area (Å²) in [7, 11) is 1.60. The molecule has 5 nitrogen and oxygen atoms in total. The highest BCUT2D eigenvalue weighted by Crippen LogP contribution is 2.23. The van der Waals surface area contributed by atoms with E-state index in [1.54, 1.807) is 18.0 Å². The molecule has 1 heterocycles. The van der Waals surface area contributed by atoms with E-state index in [1.807, 2.05) is 54.6 Å². The highest BCUT2D eigenvalue weighted by atomic mass is 35.5. The van der Waals surface area contributed by atoms with Gasteiger partial charge >= 0.3 is 0 Å². The lowest BCUT2D eigenvalue weighted by Gasteiger charge is -2.04. The molecule has 0 aliphatic rings. The van der Waals surface area contributed by atoms with Crippen LogP contribution in [0.3, 0.4) is 0 Å². The number of carbonyl (C=O) groups is 1. The van der Waals surface area contributed by atoms with Crippen LogP contribution in [0.2, 0.25) is 5.02 Å². The fourth-order valence-electron chi connectivity index (χ4n) is 2.64. The molecule has 3 rings (SSSR count). The van der Waals surface area contributed by atoms with Crippen molar-refractivity contribution in [1.82, 2.24) is 15.1 Å². The van der Waals surface area contributed by atoms with Crippen LogP contribution in [0.5, 0.6) is 0 Å². The van der Waals surface area contributed by atoms with Gasteiger partial charge in [0, 0.05) is 30.4 Å². The van der Waals surface area contributed by atoms with Gasteiger partial charge in [-0.2, -0.15) is 5.10 Å². The number of rotatable bonds is 7. The molecular formula is C20H20ClN3O2. The van der Waals surface area contributed by atoms with Gasteiger partial charge in [0.1, 0.15) is 5.69 Å². The molecule has 26 heavy (non-hydrogen) atoms.